The van der Waals surface area contributed by atoms with Crippen molar-refractivity contribution in [2.24, 2.45) is 11.8 Å². The van der Waals surface area contributed by atoms with Crippen LogP contribution in [0.25, 0.3) is 0 Å². The highest BCUT2D eigenvalue weighted by atomic mass is 35.6. The van der Waals surface area contributed by atoms with Gasteiger partial charge < -0.3 is 0 Å². The summed E-state index contributed by atoms with van der Waals surface area (Å²) >= 11 is 36.8. The van der Waals surface area contributed by atoms with Crippen molar-refractivity contribution in [2.45, 2.75) is 30.4 Å². The molecule has 4 fully saturated rings. The Morgan fingerprint density at radius 3 is 1.12 bits per heavy atom. The number of hydrazine groups is 1. The summed E-state index contributed by atoms with van der Waals surface area (Å²) < 4.78 is -2.21. The van der Waals surface area contributed by atoms with Crippen LogP contribution in [-0.4, -0.2) is 60.6 Å². The van der Waals surface area contributed by atoms with Crippen LogP contribution in [0.2, 0.25) is 0 Å². The number of carbonyl (C=O) groups is 4. The standard InChI is InChI=1S/C24H16Cl6N4O4S2/c25-23(26,27)39-33-19(35)13-15(11-7-3-1-4-8-11)31-18-14(20(36)34(22(18)38)40-24(28,29)30)16(12-9-5-2-6-10-12)32(31)17(13)21(33)37/h1-10,13-18H/t13-,14-,15+,16+,17+,18+/m0/s1. The van der Waals surface area contributed by atoms with Gasteiger partial charge in [0.15, 0.2) is 0 Å². The van der Waals surface area contributed by atoms with Crippen molar-refractivity contribution < 1.29 is 19.2 Å². The number of nitrogens with zero attached hydrogens (tertiary/aromatic N) is 4. The van der Waals surface area contributed by atoms with E-state index in [-0.39, 0.29) is 0 Å². The maximum Gasteiger partial charge on any atom is 0.259 e. The predicted molar refractivity (Wildman–Crippen MR) is 156 cm³/mol. The molecule has 0 unspecified atom stereocenters. The maximum atomic E-state index is 13.9. The molecule has 4 aliphatic rings. The Hall–Kier alpha value is -0.920. The number of halogens is 6. The number of carbonyl (C=O) groups excluding carboxylic acids is 4. The second-order valence-electron chi connectivity index (χ2n) is 9.43. The van der Waals surface area contributed by atoms with E-state index < -0.39 is 65.9 Å². The highest BCUT2D eigenvalue weighted by molar-refractivity contribution is 8.03. The van der Waals surface area contributed by atoms with E-state index >= 15 is 0 Å². The monoisotopic (exact) mass is 698 g/mol. The second-order valence-corrected chi connectivity index (χ2v) is 17.7. The zero-order valence-electron chi connectivity index (χ0n) is 19.7. The first-order valence-corrected chi connectivity index (χ1v) is 15.6. The Labute approximate surface area is 267 Å². The number of imide groups is 2. The molecule has 4 amide bonds. The lowest BCUT2D eigenvalue weighted by Crippen LogP contribution is -2.48. The highest BCUT2D eigenvalue weighted by Crippen LogP contribution is 2.61. The van der Waals surface area contributed by atoms with Crippen molar-refractivity contribution in [2.75, 3.05) is 0 Å². The molecule has 2 aromatic carbocycles. The molecule has 8 nitrogen and oxygen atoms in total. The van der Waals surface area contributed by atoms with Gasteiger partial charge in [0.1, 0.15) is 12.1 Å². The number of benzene rings is 2. The summed E-state index contributed by atoms with van der Waals surface area (Å²) in [5.74, 6) is -4.27. The average molecular weight is 701 g/mol. The van der Waals surface area contributed by atoms with Gasteiger partial charge >= 0.3 is 0 Å². The fraction of sp³-hybridized carbons (Fsp3) is 0.333. The van der Waals surface area contributed by atoms with Crippen molar-refractivity contribution in [1.82, 2.24) is 18.6 Å². The minimum Gasteiger partial charge on any atom is -0.273 e. The molecule has 6 rings (SSSR count). The van der Waals surface area contributed by atoms with Gasteiger partial charge in [0.2, 0.25) is 11.8 Å². The molecular weight excluding hydrogens is 685 g/mol. The van der Waals surface area contributed by atoms with Gasteiger partial charge in [-0.1, -0.05) is 130 Å². The lowest BCUT2D eigenvalue weighted by Gasteiger charge is -2.35. The third-order valence-electron chi connectivity index (χ3n) is 7.32. The quantitative estimate of drug-likeness (QED) is 0.229. The van der Waals surface area contributed by atoms with E-state index in [1.54, 1.807) is 58.5 Å². The SMILES string of the molecule is O=C1[C@H]2[C@@H](c3ccccc3)N3[C@H]4C(=O)N(SC(Cl)(Cl)Cl)C(=O)[C@H]4[C@@H](c4ccccc4)N3[C@H]2C(=O)N1SC(Cl)(Cl)Cl. The average Bonchev–Trinajstić information content (AvgIpc) is 3.54. The Morgan fingerprint density at radius 2 is 0.825 bits per heavy atom. The molecule has 0 aliphatic carbocycles. The molecule has 0 saturated carbocycles. The number of alkyl halides is 6. The van der Waals surface area contributed by atoms with Crippen molar-refractivity contribution in [3.63, 3.8) is 0 Å². The van der Waals surface area contributed by atoms with Crippen molar-refractivity contribution in [3.05, 3.63) is 71.8 Å². The fourth-order valence-corrected chi connectivity index (χ4v) is 8.61. The van der Waals surface area contributed by atoms with E-state index in [2.05, 4.69) is 0 Å². The number of rotatable bonds is 4. The van der Waals surface area contributed by atoms with Gasteiger partial charge in [0.05, 0.1) is 23.9 Å². The van der Waals surface area contributed by atoms with E-state index in [9.17, 15) is 19.2 Å². The molecule has 6 atom stereocenters. The molecule has 16 heteroatoms. The van der Waals surface area contributed by atoms with E-state index in [0.29, 0.717) is 35.0 Å². The Bertz CT molecular complexity index is 1290. The number of amides is 4. The van der Waals surface area contributed by atoms with Gasteiger partial charge in [0, 0.05) is 23.9 Å². The van der Waals surface area contributed by atoms with E-state index in [4.69, 9.17) is 69.6 Å². The van der Waals surface area contributed by atoms with Gasteiger partial charge in [-0.05, 0) is 11.1 Å². The molecule has 0 N–H and O–H groups in total. The van der Waals surface area contributed by atoms with Crippen LogP contribution in [0.5, 0.6) is 0 Å². The van der Waals surface area contributed by atoms with Crippen LogP contribution in [0.3, 0.4) is 0 Å². The van der Waals surface area contributed by atoms with Gasteiger partial charge in [-0.25, -0.2) is 18.6 Å². The zero-order valence-corrected chi connectivity index (χ0v) is 25.9. The van der Waals surface area contributed by atoms with Crippen molar-refractivity contribution in [1.29, 1.82) is 0 Å². The summed E-state index contributed by atoms with van der Waals surface area (Å²) in [5.41, 5.74) is 1.34. The van der Waals surface area contributed by atoms with Crippen LogP contribution in [-0.2, 0) is 19.2 Å². The molecule has 4 heterocycles. The van der Waals surface area contributed by atoms with Crippen LogP contribution >= 0.6 is 93.5 Å². The summed E-state index contributed by atoms with van der Waals surface area (Å²) in [6.07, 6.45) is 0. The normalized spacial score (nSPS) is 30.9. The lowest BCUT2D eigenvalue weighted by atomic mass is 9.84. The van der Waals surface area contributed by atoms with Crippen LogP contribution in [0.4, 0.5) is 0 Å². The Balaban J connectivity index is 1.53. The molecule has 0 radical (unpaired) electrons. The van der Waals surface area contributed by atoms with Crippen LogP contribution in [0.1, 0.15) is 23.2 Å². The van der Waals surface area contributed by atoms with Crippen LogP contribution in [0, 0.1) is 11.8 Å². The molecular formula is C24H16Cl6N4O4S2. The minimum absolute atomic E-state index is 0.491. The molecule has 4 saturated heterocycles. The number of hydrogen-bond acceptors (Lipinski definition) is 8. The summed E-state index contributed by atoms with van der Waals surface area (Å²) in [5, 5.41) is 3.39. The summed E-state index contributed by atoms with van der Waals surface area (Å²) in [6.45, 7) is 0. The molecule has 0 bridgehead atoms. The molecule has 0 aromatic heterocycles. The molecule has 210 valence electrons. The molecule has 40 heavy (non-hydrogen) atoms. The molecule has 0 spiro atoms. The summed E-state index contributed by atoms with van der Waals surface area (Å²) in [4.78, 5) is 55.5. The maximum absolute atomic E-state index is 13.9. The zero-order chi connectivity index (χ0) is 28.7. The first kappa shape index (κ1) is 29.2. The topological polar surface area (TPSA) is 81.2 Å². The van der Waals surface area contributed by atoms with Gasteiger partial charge in [-0.3, -0.25) is 19.2 Å². The number of hydrogen-bond donors (Lipinski definition) is 0. The largest absolute Gasteiger partial charge is 0.273 e. The smallest absolute Gasteiger partial charge is 0.259 e. The number of fused-ring (bicyclic) bond motifs is 5. The van der Waals surface area contributed by atoms with Gasteiger partial charge in [-0.15, -0.1) is 0 Å². The fourth-order valence-electron chi connectivity index (χ4n) is 6.13. The molecule has 2 aromatic rings. The Morgan fingerprint density at radius 1 is 0.500 bits per heavy atom. The predicted octanol–water partition coefficient (Wildman–Crippen LogP) is 5.67. The third-order valence-corrected chi connectivity index (χ3v) is 10.1. The molecule has 4 aliphatic heterocycles. The van der Waals surface area contributed by atoms with E-state index in [1.165, 1.54) is 0 Å². The van der Waals surface area contributed by atoms with Crippen molar-refractivity contribution >= 4 is 117 Å². The third kappa shape index (κ3) is 4.72. The summed E-state index contributed by atoms with van der Waals surface area (Å²) in [7, 11) is 0. The van der Waals surface area contributed by atoms with E-state index in [1.807, 2.05) is 12.1 Å². The minimum atomic E-state index is -1.98. The Kier molecular flexibility index (Phi) is 7.56. The first-order chi connectivity index (χ1) is 18.8. The van der Waals surface area contributed by atoms with E-state index in [0.717, 1.165) is 8.61 Å². The second kappa shape index (κ2) is 10.4. The summed E-state index contributed by atoms with van der Waals surface area (Å²) in [6, 6.07) is 14.3. The van der Waals surface area contributed by atoms with Gasteiger partial charge in [-0.2, -0.15) is 0 Å². The highest BCUT2D eigenvalue weighted by Gasteiger charge is 2.74. The van der Waals surface area contributed by atoms with Crippen molar-refractivity contribution in [3.8, 4) is 0 Å². The van der Waals surface area contributed by atoms with Gasteiger partial charge in [0.25, 0.3) is 18.1 Å². The van der Waals surface area contributed by atoms with Crippen LogP contribution in [0.15, 0.2) is 60.7 Å². The lowest BCUT2D eigenvalue weighted by molar-refractivity contribution is -0.146. The first-order valence-electron chi connectivity index (χ1n) is 11.7. The van der Waals surface area contributed by atoms with Crippen LogP contribution < -0.4 is 0 Å².